The second-order valence-corrected chi connectivity index (χ2v) is 4.45. The van der Waals surface area contributed by atoms with Crippen LogP contribution in [0.4, 0.5) is 9.80 Å². The lowest BCUT2D eigenvalue weighted by Crippen LogP contribution is -2.30. The number of rotatable bonds is 5. The fourth-order valence-electron chi connectivity index (χ4n) is 1.37. The summed E-state index contributed by atoms with van der Waals surface area (Å²) in [5.41, 5.74) is 0.0791. The van der Waals surface area contributed by atoms with Gasteiger partial charge in [0.1, 0.15) is 17.2 Å². The van der Waals surface area contributed by atoms with Crippen molar-refractivity contribution < 1.29 is 14.7 Å². The molecular formula is C10H11N5O3S. The molecule has 2 aromatic rings. The topological polar surface area (TPSA) is 120 Å². The first-order valence-electron chi connectivity index (χ1n) is 5.36. The number of nitrogens with zero attached hydrogens (tertiary/aromatic N) is 2. The van der Waals surface area contributed by atoms with Crippen LogP contribution in [-0.2, 0) is 6.42 Å². The molecule has 19 heavy (non-hydrogen) atoms. The molecule has 0 fully saturated rings. The molecule has 0 aliphatic rings. The van der Waals surface area contributed by atoms with Gasteiger partial charge in [-0.3, -0.25) is 10.4 Å². The van der Waals surface area contributed by atoms with E-state index in [9.17, 15) is 9.59 Å². The van der Waals surface area contributed by atoms with E-state index in [2.05, 4.69) is 25.8 Å². The van der Waals surface area contributed by atoms with Crippen LogP contribution in [0, 0.1) is 0 Å². The first-order chi connectivity index (χ1) is 9.16. The highest BCUT2D eigenvalue weighted by molar-refractivity contribution is 7.14. The minimum atomic E-state index is -1.07. The van der Waals surface area contributed by atoms with Crippen LogP contribution in [0.15, 0.2) is 17.8 Å². The average Bonchev–Trinajstić information content (AvgIpc) is 2.99. The van der Waals surface area contributed by atoms with Gasteiger partial charge in [-0.25, -0.2) is 14.6 Å². The zero-order chi connectivity index (χ0) is 13.7. The first-order valence-corrected chi connectivity index (χ1v) is 6.24. The number of aromatic nitrogens is 3. The van der Waals surface area contributed by atoms with Gasteiger partial charge in [0.05, 0.1) is 5.56 Å². The second kappa shape index (κ2) is 5.96. The van der Waals surface area contributed by atoms with Crippen LogP contribution in [0.3, 0.4) is 0 Å². The van der Waals surface area contributed by atoms with E-state index < -0.39 is 12.0 Å². The predicted molar refractivity (Wildman–Crippen MR) is 68.4 cm³/mol. The van der Waals surface area contributed by atoms with E-state index in [-0.39, 0.29) is 5.56 Å². The Balaban J connectivity index is 1.81. The van der Waals surface area contributed by atoms with Crippen molar-refractivity contribution in [1.82, 2.24) is 20.5 Å². The van der Waals surface area contributed by atoms with Gasteiger partial charge in [-0.15, -0.1) is 11.3 Å². The van der Waals surface area contributed by atoms with Crippen LogP contribution in [-0.4, -0.2) is 38.8 Å². The third-order valence-electron chi connectivity index (χ3n) is 2.23. The zero-order valence-corrected chi connectivity index (χ0v) is 10.5. The third kappa shape index (κ3) is 3.52. The monoisotopic (exact) mass is 281 g/mol. The van der Waals surface area contributed by atoms with Crippen molar-refractivity contribution in [2.75, 3.05) is 11.9 Å². The Labute approximate surface area is 111 Å². The molecule has 0 aliphatic carbocycles. The summed E-state index contributed by atoms with van der Waals surface area (Å²) < 4.78 is 0. The van der Waals surface area contributed by atoms with E-state index in [4.69, 9.17) is 5.11 Å². The summed E-state index contributed by atoms with van der Waals surface area (Å²) >= 11 is 1.16. The van der Waals surface area contributed by atoms with Crippen molar-refractivity contribution in [3.8, 4) is 0 Å². The van der Waals surface area contributed by atoms with E-state index >= 15 is 0 Å². The maximum atomic E-state index is 11.6. The second-order valence-electron chi connectivity index (χ2n) is 3.53. The number of H-pyrrole nitrogens is 1. The fraction of sp³-hybridized carbons (Fsp3) is 0.200. The van der Waals surface area contributed by atoms with Crippen molar-refractivity contribution in [3.05, 3.63) is 29.2 Å². The maximum Gasteiger partial charge on any atom is 0.338 e. The number of hydrogen-bond acceptors (Lipinski definition) is 5. The van der Waals surface area contributed by atoms with Crippen molar-refractivity contribution in [1.29, 1.82) is 0 Å². The number of nitrogens with one attached hydrogen (secondary N) is 3. The van der Waals surface area contributed by atoms with Crippen molar-refractivity contribution >= 4 is 28.3 Å². The first kappa shape index (κ1) is 13.0. The quantitative estimate of drug-likeness (QED) is 0.649. The molecule has 0 atom stereocenters. The molecule has 0 bridgehead atoms. The zero-order valence-electron chi connectivity index (χ0n) is 9.71. The SMILES string of the molecule is O=C(NCCc1ncn[nH]1)Nc1sccc1C(=O)O. The van der Waals surface area contributed by atoms with Gasteiger partial charge in [0.15, 0.2) is 0 Å². The lowest BCUT2D eigenvalue weighted by atomic mass is 10.3. The number of carbonyl (C=O) groups excluding carboxylic acids is 1. The molecule has 0 aromatic carbocycles. The summed E-state index contributed by atoms with van der Waals surface area (Å²) in [6.07, 6.45) is 1.91. The molecule has 0 radical (unpaired) electrons. The predicted octanol–water partition coefficient (Wildman–Crippen LogP) is 0.929. The lowest BCUT2D eigenvalue weighted by Gasteiger charge is -2.05. The molecule has 0 unspecified atom stereocenters. The number of carbonyl (C=O) groups is 2. The molecule has 2 rings (SSSR count). The standard InChI is InChI=1S/C10H11N5O3S/c16-9(17)6-2-4-19-8(6)14-10(18)11-3-1-7-12-5-13-15-7/h2,4-5H,1,3H2,(H,16,17)(H2,11,14,18)(H,12,13,15). The van der Waals surface area contributed by atoms with Gasteiger partial charge >= 0.3 is 12.0 Å². The molecule has 0 aliphatic heterocycles. The number of aromatic carboxylic acids is 1. The normalized spacial score (nSPS) is 10.1. The minimum absolute atomic E-state index is 0.0791. The highest BCUT2D eigenvalue weighted by Gasteiger charge is 2.13. The third-order valence-corrected chi connectivity index (χ3v) is 3.06. The summed E-state index contributed by atoms with van der Waals surface area (Å²) in [7, 11) is 0. The number of thiophene rings is 1. The van der Waals surface area contributed by atoms with E-state index in [0.29, 0.717) is 23.8 Å². The summed E-state index contributed by atoms with van der Waals surface area (Å²) in [4.78, 5) is 26.3. The number of anilines is 1. The van der Waals surface area contributed by atoms with Crippen LogP contribution in [0.2, 0.25) is 0 Å². The van der Waals surface area contributed by atoms with Crippen molar-refractivity contribution in [2.24, 2.45) is 0 Å². The fourth-order valence-corrected chi connectivity index (χ4v) is 2.14. The molecule has 4 N–H and O–H groups in total. The van der Waals surface area contributed by atoms with Gasteiger partial charge < -0.3 is 10.4 Å². The molecule has 0 saturated heterocycles. The Kier molecular flexibility index (Phi) is 4.08. The minimum Gasteiger partial charge on any atom is -0.478 e. The lowest BCUT2D eigenvalue weighted by molar-refractivity contribution is 0.0698. The molecule has 2 aromatic heterocycles. The number of carboxylic acid groups (broad SMARTS) is 1. The van der Waals surface area contributed by atoms with Gasteiger partial charge in [-0.05, 0) is 11.4 Å². The maximum absolute atomic E-state index is 11.6. The summed E-state index contributed by atoms with van der Waals surface area (Å²) in [6.45, 7) is 0.370. The van der Waals surface area contributed by atoms with Crippen LogP contribution in [0.1, 0.15) is 16.2 Å². The van der Waals surface area contributed by atoms with Gasteiger partial charge in [0, 0.05) is 13.0 Å². The number of urea groups is 1. The van der Waals surface area contributed by atoms with E-state index in [1.165, 1.54) is 12.4 Å². The number of carboxylic acids is 1. The van der Waals surface area contributed by atoms with Crippen LogP contribution < -0.4 is 10.6 Å². The van der Waals surface area contributed by atoms with Crippen LogP contribution >= 0.6 is 11.3 Å². The Morgan fingerprint density at radius 1 is 1.47 bits per heavy atom. The average molecular weight is 281 g/mol. The molecule has 0 spiro atoms. The molecule has 8 nitrogen and oxygen atoms in total. The Hall–Kier alpha value is -2.42. The van der Waals surface area contributed by atoms with E-state index in [1.54, 1.807) is 5.38 Å². The molecule has 100 valence electrons. The van der Waals surface area contributed by atoms with Crippen LogP contribution in [0.5, 0.6) is 0 Å². The molecule has 0 saturated carbocycles. The van der Waals surface area contributed by atoms with Crippen molar-refractivity contribution in [3.63, 3.8) is 0 Å². The highest BCUT2D eigenvalue weighted by atomic mass is 32.1. The van der Waals surface area contributed by atoms with Gasteiger partial charge in [0.25, 0.3) is 0 Å². The van der Waals surface area contributed by atoms with Crippen molar-refractivity contribution in [2.45, 2.75) is 6.42 Å². The summed E-state index contributed by atoms with van der Waals surface area (Å²) in [5.74, 6) is -0.402. The summed E-state index contributed by atoms with van der Waals surface area (Å²) in [5, 5.41) is 22.2. The van der Waals surface area contributed by atoms with Gasteiger partial charge in [0.2, 0.25) is 0 Å². The summed E-state index contributed by atoms with van der Waals surface area (Å²) in [6, 6.07) is 0.987. The number of aromatic amines is 1. The Morgan fingerprint density at radius 2 is 2.32 bits per heavy atom. The van der Waals surface area contributed by atoms with E-state index in [0.717, 1.165) is 11.3 Å². The number of amides is 2. The van der Waals surface area contributed by atoms with Gasteiger partial charge in [-0.1, -0.05) is 0 Å². The van der Waals surface area contributed by atoms with Gasteiger partial charge in [-0.2, -0.15) is 5.10 Å². The molecule has 9 heteroatoms. The smallest absolute Gasteiger partial charge is 0.338 e. The van der Waals surface area contributed by atoms with E-state index in [1.807, 2.05) is 0 Å². The molecule has 2 amide bonds. The Morgan fingerprint density at radius 3 is 3.00 bits per heavy atom. The largest absolute Gasteiger partial charge is 0.478 e. The highest BCUT2D eigenvalue weighted by Crippen LogP contribution is 2.22. The molecule has 2 heterocycles. The van der Waals surface area contributed by atoms with Crippen LogP contribution in [0.25, 0.3) is 0 Å². The number of hydrogen-bond donors (Lipinski definition) is 4. The Bertz CT molecular complexity index is 565. The molecular weight excluding hydrogens is 270 g/mol.